The van der Waals surface area contributed by atoms with Crippen LogP contribution in [0.1, 0.15) is 20.7 Å². The second-order valence-corrected chi connectivity index (χ2v) is 4.23. The van der Waals surface area contributed by atoms with Gasteiger partial charge >= 0.3 is 11.9 Å². The molecule has 0 unspecified atom stereocenters. The number of methoxy groups -OCH3 is 1. The molecule has 80 valence electrons. The number of hydrogen-bond acceptors (Lipinski definition) is 3. The van der Waals surface area contributed by atoms with Crippen molar-refractivity contribution in [1.29, 1.82) is 0 Å². The lowest BCUT2D eigenvalue weighted by atomic mass is 10.1. The summed E-state index contributed by atoms with van der Waals surface area (Å²) in [6, 6.07) is 2.88. The Kier molecular flexibility index (Phi) is 3.87. The van der Waals surface area contributed by atoms with E-state index in [1.807, 2.05) is 0 Å². The Morgan fingerprint density at radius 3 is 2.40 bits per heavy atom. The van der Waals surface area contributed by atoms with Crippen molar-refractivity contribution >= 4 is 43.8 Å². The van der Waals surface area contributed by atoms with Crippen molar-refractivity contribution in [3.05, 3.63) is 32.2 Å². The van der Waals surface area contributed by atoms with Crippen LogP contribution in [-0.2, 0) is 4.74 Å². The van der Waals surface area contributed by atoms with E-state index in [-0.39, 0.29) is 15.6 Å². The Morgan fingerprint density at radius 2 is 1.93 bits per heavy atom. The van der Waals surface area contributed by atoms with E-state index >= 15 is 0 Å². The first-order valence-corrected chi connectivity index (χ1v) is 5.37. The summed E-state index contributed by atoms with van der Waals surface area (Å²) < 4.78 is 5.22. The number of ether oxygens (including phenoxy) is 1. The molecular weight excluding hydrogens is 332 g/mol. The fraction of sp³-hybridized carbons (Fsp3) is 0.111. The van der Waals surface area contributed by atoms with Crippen LogP contribution in [-0.4, -0.2) is 24.2 Å². The average Bonchev–Trinajstić information content (AvgIpc) is 2.16. The second kappa shape index (κ2) is 4.76. The maximum absolute atomic E-state index is 11.4. The van der Waals surface area contributed by atoms with Crippen molar-refractivity contribution in [2.45, 2.75) is 0 Å². The number of hydrogen-bond donors (Lipinski definition) is 1. The lowest BCUT2D eigenvalue weighted by Gasteiger charge is -2.07. The number of carbonyl (C=O) groups is 2. The number of carbonyl (C=O) groups excluding carboxylic acids is 1. The van der Waals surface area contributed by atoms with E-state index in [1.54, 1.807) is 0 Å². The topological polar surface area (TPSA) is 63.6 Å². The minimum absolute atomic E-state index is 0.0126. The predicted octanol–water partition coefficient (Wildman–Crippen LogP) is 2.70. The number of rotatable bonds is 2. The highest BCUT2D eigenvalue weighted by atomic mass is 79.9. The monoisotopic (exact) mass is 336 g/mol. The average molecular weight is 338 g/mol. The molecule has 6 heteroatoms. The standard InChI is InChI=1S/C9H6Br2O4/c1-15-9(14)6-5(10)3-2-4(7(6)11)8(12)13/h2-3H,1H3,(H,12,13). The summed E-state index contributed by atoms with van der Waals surface area (Å²) in [5, 5.41) is 8.84. The number of esters is 1. The highest BCUT2D eigenvalue weighted by Gasteiger charge is 2.20. The molecular formula is C9H6Br2O4. The van der Waals surface area contributed by atoms with Crippen molar-refractivity contribution < 1.29 is 19.4 Å². The second-order valence-electron chi connectivity index (χ2n) is 2.58. The SMILES string of the molecule is COC(=O)c1c(Br)ccc(C(=O)O)c1Br. The molecule has 0 heterocycles. The normalized spacial score (nSPS) is 9.80. The number of carboxylic acid groups (broad SMARTS) is 1. The molecule has 0 spiro atoms. The van der Waals surface area contributed by atoms with Crippen molar-refractivity contribution in [1.82, 2.24) is 0 Å². The van der Waals surface area contributed by atoms with Crippen LogP contribution in [0.5, 0.6) is 0 Å². The summed E-state index contributed by atoms with van der Waals surface area (Å²) in [4.78, 5) is 22.2. The third-order valence-corrected chi connectivity index (χ3v) is 3.20. The summed E-state index contributed by atoms with van der Waals surface area (Å²) in [6.45, 7) is 0. The Morgan fingerprint density at radius 1 is 1.33 bits per heavy atom. The third kappa shape index (κ3) is 2.38. The number of carboxylic acids is 1. The molecule has 1 aromatic carbocycles. The van der Waals surface area contributed by atoms with Crippen molar-refractivity contribution in [2.24, 2.45) is 0 Å². The summed E-state index contributed by atoms with van der Waals surface area (Å²) in [5.41, 5.74) is 0.177. The molecule has 1 rings (SSSR count). The lowest BCUT2D eigenvalue weighted by molar-refractivity contribution is 0.0598. The molecule has 0 aliphatic carbocycles. The van der Waals surface area contributed by atoms with Crippen LogP contribution >= 0.6 is 31.9 Å². The Bertz CT molecular complexity index is 428. The largest absolute Gasteiger partial charge is 0.478 e. The first-order chi connectivity index (χ1) is 6.99. The van der Waals surface area contributed by atoms with Crippen LogP contribution in [0.2, 0.25) is 0 Å². The maximum atomic E-state index is 11.4. The molecule has 0 aliphatic heterocycles. The molecule has 15 heavy (non-hydrogen) atoms. The minimum Gasteiger partial charge on any atom is -0.478 e. The van der Waals surface area contributed by atoms with E-state index in [9.17, 15) is 9.59 Å². The van der Waals surface area contributed by atoms with Crippen LogP contribution in [0.15, 0.2) is 21.1 Å². The summed E-state index contributed by atoms with van der Waals surface area (Å²) >= 11 is 6.21. The van der Waals surface area contributed by atoms with E-state index in [0.717, 1.165) is 0 Å². The van der Waals surface area contributed by atoms with E-state index in [1.165, 1.54) is 19.2 Å². The van der Waals surface area contributed by atoms with Gasteiger partial charge in [0.25, 0.3) is 0 Å². The molecule has 0 radical (unpaired) electrons. The van der Waals surface area contributed by atoms with E-state index < -0.39 is 11.9 Å². The molecule has 0 saturated carbocycles. The number of benzene rings is 1. The van der Waals surface area contributed by atoms with Crippen LogP contribution < -0.4 is 0 Å². The first kappa shape index (κ1) is 12.2. The molecule has 0 saturated heterocycles. The zero-order valence-electron chi connectivity index (χ0n) is 7.58. The van der Waals surface area contributed by atoms with Gasteiger partial charge in [0, 0.05) is 8.95 Å². The highest BCUT2D eigenvalue weighted by molar-refractivity contribution is 9.11. The molecule has 4 nitrogen and oxygen atoms in total. The van der Waals surface area contributed by atoms with Crippen molar-refractivity contribution in [2.75, 3.05) is 7.11 Å². The van der Waals surface area contributed by atoms with Crippen LogP contribution in [0.4, 0.5) is 0 Å². The quantitative estimate of drug-likeness (QED) is 0.843. The molecule has 0 bridgehead atoms. The zero-order valence-corrected chi connectivity index (χ0v) is 10.8. The van der Waals surface area contributed by atoms with Gasteiger partial charge in [-0.25, -0.2) is 9.59 Å². The van der Waals surface area contributed by atoms with E-state index in [2.05, 4.69) is 36.6 Å². The van der Waals surface area contributed by atoms with Crippen LogP contribution in [0.3, 0.4) is 0 Å². The maximum Gasteiger partial charge on any atom is 0.340 e. The molecule has 0 fully saturated rings. The summed E-state index contributed by atoms with van der Waals surface area (Å²) in [6.07, 6.45) is 0. The third-order valence-electron chi connectivity index (χ3n) is 1.71. The Hall–Kier alpha value is -0.880. The smallest absolute Gasteiger partial charge is 0.340 e. The molecule has 0 aromatic heterocycles. The van der Waals surface area contributed by atoms with Crippen molar-refractivity contribution in [3.8, 4) is 0 Å². The van der Waals surface area contributed by atoms with Gasteiger partial charge in [-0.05, 0) is 44.0 Å². The van der Waals surface area contributed by atoms with Crippen LogP contribution in [0, 0.1) is 0 Å². The highest BCUT2D eigenvalue weighted by Crippen LogP contribution is 2.29. The fourth-order valence-electron chi connectivity index (χ4n) is 1.01. The summed E-state index contributed by atoms with van der Waals surface area (Å²) in [5.74, 6) is -1.71. The van der Waals surface area contributed by atoms with Gasteiger partial charge in [-0.2, -0.15) is 0 Å². The first-order valence-electron chi connectivity index (χ1n) is 3.78. The van der Waals surface area contributed by atoms with E-state index in [4.69, 9.17) is 5.11 Å². The molecule has 0 atom stereocenters. The van der Waals surface area contributed by atoms with Gasteiger partial charge in [-0.3, -0.25) is 0 Å². The van der Waals surface area contributed by atoms with Crippen LogP contribution in [0.25, 0.3) is 0 Å². The van der Waals surface area contributed by atoms with Crippen molar-refractivity contribution in [3.63, 3.8) is 0 Å². The van der Waals surface area contributed by atoms with Gasteiger partial charge in [-0.1, -0.05) is 0 Å². The minimum atomic E-state index is -1.11. The van der Waals surface area contributed by atoms with Gasteiger partial charge < -0.3 is 9.84 Å². The number of halogens is 2. The van der Waals surface area contributed by atoms with Gasteiger partial charge in [-0.15, -0.1) is 0 Å². The van der Waals surface area contributed by atoms with Gasteiger partial charge in [0.2, 0.25) is 0 Å². The van der Waals surface area contributed by atoms with Gasteiger partial charge in [0.1, 0.15) is 0 Å². The molecule has 1 N–H and O–H groups in total. The van der Waals surface area contributed by atoms with E-state index in [0.29, 0.717) is 4.47 Å². The Balaban J connectivity index is 3.43. The summed E-state index contributed by atoms with van der Waals surface area (Å²) in [7, 11) is 1.23. The van der Waals surface area contributed by atoms with Gasteiger partial charge in [0.15, 0.2) is 0 Å². The van der Waals surface area contributed by atoms with Gasteiger partial charge in [0.05, 0.1) is 18.2 Å². The molecule has 0 amide bonds. The molecule has 0 aliphatic rings. The Labute approximate surface area is 102 Å². The molecule has 1 aromatic rings. The zero-order chi connectivity index (χ0) is 11.6. The number of aromatic carboxylic acids is 1. The lowest BCUT2D eigenvalue weighted by Crippen LogP contribution is -2.07. The fourth-order valence-corrected chi connectivity index (χ4v) is 2.44. The predicted molar refractivity (Wildman–Crippen MR) is 60.1 cm³/mol.